The summed E-state index contributed by atoms with van der Waals surface area (Å²) in [5, 5.41) is 0. The molecule has 30 heavy (non-hydrogen) atoms. The maximum atomic E-state index is 13.0. The molecule has 3 aromatic carbocycles. The molecule has 2 aliphatic heterocycles. The molecular formula is C26H24N2O2. The van der Waals surface area contributed by atoms with Crippen molar-refractivity contribution in [2.75, 3.05) is 18.0 Å². The van der Waals surface area contributed by atoms with Gasteiger partial charge in [-0.15, -0.1) is 0 Å². The molecule has 4 nitrogen and oxygen atoms in total. The summed E-state index contributed by atoms with van der Waals surface area (Å²) in [6.45, 7) is 2.61. The highest BCUT2D eigenvalue weighted by atomic mass is 16.5. The van der Waals surface area contributed by atoms with Crippen LogP contribution in [0.15, 0.2) is 77.8 Å². The zero-order chi connectivity index (χ0) is 20.3. The van der Waals surface area contributed by atoms with Gasteiger partial charge in [-0.1, -0.05) is 42.5 Å². The normalized spacial score (nSPS) is 15.7. The molecule has 0 aromatic heterocycles. The molecule has 0 spiro atoms. The van der Waals surface area contributed by atoms with Gasteiger partial charge in [0.15, 0.2) is 5.78 Å². The van der Waals surface area contributed by atoms with Crippen LogP contribution >= 0.6 is 0 Å². The molecule has 2 aliphatic rings. The third-order valence-corrected chi connectivity index (χ3v) is 5.77. The van der Waals surface area contributed by atoms with E-state index in [1.165, 1.54) is 12.8 Å². The van der Waals surface area contributed by atoms with Gasteiger partial charge in [-0.25, -0.2) is 0 Å². The van der Waals surface area contributed by atoms with E-state index in [2.05, 4.69) is 11.0 Å². The van der Waals surface area contributed by atoms with Crippen LogP contribution in [-0.4, -0.2) is 24.6 Å². The minimum Gasteiger partial charge on any atom is -0.488 e. The smallest absolute Gasteiger partial charge is 0.171 e. The number of benzene rings is 3. The van der Waals surface area contributed by atoms with Gasteiger partial charge in [0.1, 0.15) is 12.4 Å². The molecule has 0 saturated carbocycles. The lowest BCUT2D eigenvalue weighted by Gasteiger charge is -2.21. The van der Waals surface area contributed by atoms with Gasteiger partial charge in [0.25, 0.3) is 0 Å². The Kier molecular flexibility index (Phi) is 5.06. The molecular weight excluding hydrogens is 372 g/mol. The van der Waals surface area contributed by atoms with Crippen LogP contribution in [0.5, 0.6) is 5.75 Å². The lowest BCUT2D eigenvalue weighted by molar-refractivity contribution is 0.1000. The van der Waals surface area contributed by atoms with E-state index in [0.29, 0.717) is 13.0 Å². The fourth-order valence-electron chi connectivity index (χ4n) is 4.17. The number of hydrogen-bond acceptors (Lipinski definition) is 4. The van der Waals surface area contributed by atoms with Crippen molar-refractivity contribution < 1.29 is 9.53 Å². The van der Waals surface area contributed by atoms with Gasteiger partial charge in [0.05, 0.1) is 17.8 Å². The largest absolute Gasteiger partial charge is 0.488 e. The average Bonchev–Trinajstić information content (AvgIpc) is 3.33. The van der Waals surface area contributed by atoms with Crippen molar-refractivity contribution in [3.63, 3.8) is 0 Å². The topological polar surface area (TPSA) is 41.9 Å². The molecule has 0 bridgehead atoms. The molecule has 0 aliphatic carbocycles. The molecule has 0 atom stereocenters. The summed E-state index contributed by atoms with van der Waals surface area (Å²) in [5.74, 6) is 0.874. The first kappa shape index (κ1) is 18.6. The molecule has 150 valence electrons. The van der Waals surface area contributed by atoms with Gasteiger partial charge in [0.2, 0.25) is 0 Å². The van der Waals surface area contributed by atoms with E-state index < -0.39 is 0 Å². The molecule has 3 aromatic rings. The molecule has 0 amide bonds. The fourth-order valence-corrected chi connectivity index (χ4v) is 4.17. The van der Waals surface area contributed by atoms with Gasteiger partial charge in [0, 0.05) is 29.9 Å². The molecule has 0 unspecified atom stereocenters. The Balaban J connectivity index is 1.43. The number of ketones is 1. The van der Waals surface area contributed by atoms with Crippen LogP contribution in [-0.2, 0) is 6.61 Å². The summed E-state index contributed by atoms with van der Waals surface area (Å²) in [7, 11) is 0. The summed E-state index contributed by atoms with van der Waals surface area (Å²) in [4.78, 5) is 20.2. The SMILES string of the molecule is O=C1CC(c2ccccc2OCc2ccccc2)=Nc2ccc(N3CCCC3)cc21. The van der Waals surface area contributed by atoms with E-state index in [9.17, 15) is 4.79 Å². The highest BCUT2D eigenvalue weighted by Crippen LogP contribution is 2.34. The maximum absolute atomic E-state index is 13.0. The number of fused-ring (bicyclic) bond motifs is 1. The molecule has 2 heterocycles. The van der Waals surface area contributed by atoms with Crippen LogP contribution < -0.4 is 9.64 Å². The molecule has 4 heteroatoms. The highest BCUT2D eigenvalue weighted by molar-refractivity contribution is 6.21. The second-order valence-electron chi connectivity index (χ2n) is 7.82. The zero-order valence-corrected chi connectivity index (χ0v) is 16.9. The van der Waals surface area contributed by atoms with Gasteiger partial charge in [-0.3, -0.25) is 9.79 Å². The summed E-state index contributed by atoms with van der Waals surface area (Å²) in [6.07, 6.45) is 2.72. The minimum absolute atomic E-state index is 0.119. The highest BCUT2D eigenvalue weighted by Gasteiger charge is 2.24. The van der Waals surface area contributed by atoms with Gasteiger partial charge >= 0.3 is 0 Å². The first-order valence-corrected chi connectivity index (χ1v) is 10.5. The lowest BCUT2D eigenvalue weighted by atomic mass is 9.95. The Hall–Kier alpha value is -3.40. The van der Waals surface area contributed by atoms with E-state index in [1.54, 1.807) is 0 Å². The summed E-state index contributed by atoms with van der Waals surface area (Å²) >= 11 is 0. The number of rotatable bonds is 5. The maximum Gasteiger partial charge on any atom is 0.171 e. The quantitative estimate of drug-likeness (QED) is 0.566. The third-order valence-electron chi connectivity index (χ3n) is 5.77. The number of carbonyl (C=O) groups is 1. The number of aliphatic imine (C=N–C) groups is 1. The van der Waals surface area contributed by atoms with Crippen molar-refractivity contribution in [1.82, 2.24) is 0 Å². The monoisotopic (exact) mass is 396 g/mol. The van der Waals surface area contributed by atoms with Crippen molar-refractivity contribution in [2.24, 2.45) is 4.99 Å². The predicted octanol–water partition coefficient (Wildman–Crippen LogP) is 5.57. The van der Waals surface area contributed by atoms with E-state index in [1.807, 2.05) is 66.7 Å². The van der Waals surface area contributed by atoms with Crippen molar-refractivity contribution in [3.05, 3.63) is 89.5 Å². The van der Waals surface area contributed by atoms with E-state index in [4.69, 9.17) is 9.73 Å². The second-order valence-corrected chi connectivity index (χ2v) is 7.82. The van der Waals surface area contributed by atoms with Gasteiger partial charge in [-0.05, 0) is 48.7 Å². The fraction of sp³-hybridized carbons (Fsp3) is 0.231. The number of hydrogen-bond donors (Lipinski definition) is 0. The number of nitrogens with zero attached hydrogens (tertiary/aromatic N) is 2. The summed E-state index contributed by atoms with van der Waals surface area (Å²) < 4.78 is 6.09. The lowest BCUT2D eigenvalue weighted by Crippen LogP contribution is -2.19. The first-order chi connectivity index (χ1) is 14.8. The molecule has 5 rings (SSSR count). The molecule has 1 saturated heterocycles. The van der Waals surface area contributed by atoms with E-state index in [-0.39, 0.29) is 5.78 Å². The molecule has 0 N–H and O–H groups in total. The van der Waals surface area contributed by atoms with Crippen LogP contribution in [0.25, 0.3) is 0 Å². The van der Waals surface area contributed by atoms with E-state index >= 15 is 0 Å². The number of anilines is 1. The molecule has 1 fully saturated rings. The number of ether oxygens (including phenoxy) is 1. The number of para-hydroxylation sites is 1. The van der Waals surface area contributed by atoms with Crippen LogP contribution in [0.2, 0.25) is 0 Å². The Morgan fingerprint density at radius 1 is 0.867 bits per heavy atom. The van der Waals surface area contributed by atoms with Crippen LogP contribution in [0.1, 0.15) is 40.7 Å². The Morgan fingerprint density at radius 3 is 2.47 bits per heavy atom. The van der Waals surface area contributed by atoms with Crippen molar-refractivity contribution >= 4 is 22.9 Å². The third kappa shape index (κ3) is 3.73. The molecule has 0 radical (unpaired) electrons. The zero-order valence-electron chi connectivity index (χ0n) is 16.9. The van der Waals surface area contributed by atoms with Crippen LogP contribution in [0, 0.1) is 0 Å². The van der Waals surface area contributed by atoms with Gasteiger partial charge < -0.3 is 9.64 Å². The van der Waals surface area contributed by atoms with Crippen molar-refractivity contribution in [2.45, 2.75) is 25.9 Å². The number of carbonyl (C=O) groups excluding carboxylic acids is 1. The number of Topliss-reactive ketones (excluding diaryl/α,β-unsaturated/α-hetero) is 1. The second kappa shape index (κ2) is 8.15. The van der Waals surface area contributed by atoms with Gasteiger partial charge in [-0.2, -0.15) is 0 Å². The van der Waals surface area contributed by atoms with Crippen LogP contribution in [0.3, 0.4) is 0 Å². The summed E-state index contributed by atoms with van der Waals surface area (Å²) in [6, 6.07) is 24.0. The van der Waals surface area contributed by atoms with Crippen LogP contribution in [0.4, 0.5) is 11.4 Å². The van der Waals surface area contributed by atoms with E-state index in [0.717, 1.165) is 52.6 Å². The minimum atomic E-state index is 0.119. The Labute approximate surface area is 176 Å². The average molecular weight is 396 g/mol. The van der Waals surface area contributed by atoms with Crippen molar-refractivity contribution in [3.8, 4) is 5.75 Å². The standard InChI is InChI=1S/C26H24N2O2/c29-25-17-24(27-23-13-12-20(16-22(23)25)28-14-6-7-15-28)21-10-4-5-11-26(21)30-18-19-8-2-1-3-9-19/h1-5,8-13,16H,6-7,14-15,17-18H2. The summed E-state index contributed by atoms with van der Waals surface area (Å²) in [5.41, 5.74) is 5.37. The van der Waals surface area contributed by atoms with Crippen molar-refractivity contribution in [1.29, 1.82) is 0 Å². The Bertz CT molecular complexity index is 1100. The first-order valence-electron chi connectivity index (χ1n) is 10.5. The Morgan fingerprint density at radius 2 is 1.63 bits per heavy atom. The predicted molar refractivity (Wildman–Crippen MR) is 120 cm³/mol.